The van der Waals surface area contributed by atoms with Gasteiger partial charge in [0.15, 0.2) is 0 Å². The van der Waals surface area contributed by atoms with Crippen LogP contribution in [0.15, 0.2) is 42.5 Å². The van der Waals surface area contributed by atoms with Gasteiger partial charge in [0.05, 0.1) is 0 Å². The molecular formula is C18H19FN2O2. The van der Waals surface area contributed by atoms with Crippen LogP contribution < -0.4 is 5.48 Å². The predicted octanol–water partition coefficient (Wildman–Crippen LogP) is 2.54. The fourth-order valence-corrected chi connectivity index (χ4v) is 3.16. The largest absolute Gasteiger partial charge is 0.298 e. The number of benzene rings is 2. The zero-order chi connectivity index (χ0) is 16.4. The van der Waals surface area contributed by atoms with E-state index in [1.165, 1.54) is 11.6 Å². The van der Waals surface area contributed by atoms with Gasteiger partial charge in [0.25, 0.3) is 5.91 Å². The van der Waals surface area contributed by atoms with Crippen molar-refractivity contribution in [3.05, 3.63) is 70.5 Å². The smallest absolute Gasteiger partial charge is 0.274 e. The number of hydroxylamine groups is 1. The van der Waals surface area contributed by atoms with Crippen molar-refractivity contribution in [3.63, 3.8) is 0 Å². The van der Waals surface area contributed by atoms with E-state index < -0.39 is 5.91 Å². The van der Waals surface area contributed by atoms with Crippen LogP contribution in [0, 0.1) is 5.82 Å². The van der Waals surface area contributed by atoms with Crippen LogP contribution in [0.4, 0.5) is 4.39 Å². The number of amides is 1. The van der Waals surface area contributed by atoms with Crippen molar-refractivity contribution >= 4 is 5.91 Å². The third kappa shape index (κ3) is 3.25. The molecular weight excluding hydrogens is 295 g/mol. The SMILES string of the molecule is CN1Cc2cc(C(=O)NO)cc(F)c2C[C@H]1Cc1ccccc1. The third-order valence-corrected chi connectivity index (χ3v) is 4.45. The number of carbonyl (C=O) groups excluding carboxylic acids is 1. The van der Waals surface area contributed by atoms with E-state index in [2.05, 4.69) is 17.0 Å². The minimum Gasteiger partial charge on any atom is -0.298 e. The molecule has 1 amide bonds. The monoisotopic (exact) mass is 314 g/mol. The Morgan fingerprint density at radius 2 is 2.09 bits per heavy atom. The fraction of sp³-hybridized carbons (Fsp3) is 0.278. The minimum atomic E-state index is -0.694. The second kappa shape index (κ2) is 6.48. The lowest BCUT2D eigenvalue weighted by atomic mass is 9.89. The normalized spacial score (nSPS) is 17.6. The van der Waals surface area contributed by atoms with Crippen LogP contribution in [-0.4, -0.2) is 29.1 Å². The molecule has 3 rings (SSSR count). The van der Waals surface area contributed by atoms with Crippen LogP contribution in [0.5, 0.6) is 0 Å². The van der Waals surface area contributed by atoms with E-state index >= 15 is 0 Å². The van der Waals surface area contributed by atoms with E-state index in [0.717, 1.165) is 12.0 Å². The quantitative estimate of drug-likeness (QED) is 0.676. The Hall–Kier alpha value is -2.24. The predicted molar refractivity (Wildman–Crippen MR) is 84.8 cm³/mol. The van der Waals surface area contributed by atoms with Crippen LogP contribution in [0.25, 0.3) is 0 Å². The maximum Gasteiger partial charge on any atom is 0.274 e. The summed E-state index contributed by atoms with van der Waals surface area (Å²) in [6.07, 6.45) is 1.46. The standard InChI is InChI=1S/C18H19FN2O2/c1-21-11-14-8-13(18(22)20-23)9-17(19)16(14)10-15(21)7-12-5-3-2-4-6-12/h2-6,8-9,15,23H,7,10-11H2,1H3,(H,20,22)/t15-/m1/s1. The number of rotatable bonds is 3. The average molecular weight is 314 g/mol. The Kier molecular flexibility index (Phi) is 4.41. The first-order valence-electron chi connectivity index (χ1n) is 7.58. The third-order valence-electron chi connectivity index (χ3n) is 4.45. The molecule has 0 fully saturated rings. The summed E-state index contributed by atoms with van der Waals surface area (Å²) in [4.78, 5) is 13.7. The highest BCUT2D eigenvalue weighted by Crippen LogP contribution is 2.27. The summed E-state index contributed by atoms with van der Waals surface area (Å²) < 4.78 is 14.4. The van der Waals surface area contributed by atoms with Gasteiger partial charge in [0.2, 0.25) is 0 Å². The Bertz CT molecular complexity index is 718. The lowest BCUT2D eigenvalue weighted by Crippen LogP contribution is -2.39. The minimum absolute atomic E-state index is 0.138. The molecule has 0 aromatic heterocycles. The van der Waals surface area contributed by atoms with Crippen LogP contribution in [0.3, 0.4) is 0 Å². The summed E-state index contributed by atoms with van der Waals surface area (Å²) in [5.41, 5.74) is 4.38. The van der Waals surface area contributed by atoms with Gasteiger partial charge < -0.3 is 0 Å². The van der Waals surface area contributed by atoms with Gasteiger partial charge >= 0.3 is 0 Å². The molecule has 0 unspecified atom stereocenters. The zero-order valence-corrected chi connectivity index (χ0v) is 12.9. The molecule has 0 aliphatic carbocycles. The van der Waals surface area contributed by atoms with E-state index in [0.29, 0.717) is 18.5 Å². The van der Waals surface area contributed by atoms with E-state index in [9.17, 15) is 9.18 Å². The molecule has 1 heterocycles. The van der Waals surface area contributed by atoms with E-state index in [1.54, 1.807) is 11.5 Å². The maximum absolute atomic E-state index is 14.4. The fourth-order valence-electron chi connectivity index (χ4n) is 3.16. The highest BCUT2D eigenvalue weighted by molar-refractivity contribution is 5.93. The molecule has 23 heavy (non-hydrogen) atoms. The first kappa shape index (κ1) is 15.6. The number of nitrogens with one attached hydrogen (secondary N) is 1. The van der Waals surface area contributed by atoms with Crippen molar-refractivity contribution in [2.45, 2.75) is 25.4 Å². The first-order valence-corrected chi connectivity index (χ1v) is 7.58. The second-order valence-electron chi connectivity index (χ2n) is 6.00. The topological polar surface area (TPSA) is 52.6 Å². The van der Waals surface area contributed by atoms with E-state index in [1.807, 2.05) is 25.2 Å². The molecule has 120 valence electrons. The van der Waals surface area contributed by atoms with Crippen LogP contribution in [-0.2, 0) is 19.4 Å². The molecule has 0 saturated carbocycles. The summed E-state index contributed by atoms with van der Waals surface area (Å²) in [7, 11) is 2.01. The molecule has 0 saturated heterocycles. The molecule has 5 heteroatoms. The maximum atomic E-state index is 14.4. The van der Waals surface area contributed by atoms with Gasteiger partial charge in [-0.3, -0.25) is 14.9 Å². The molecule has 2 aromatic rings. The number of hydrogen-bond acceptors (Lipinski definition) is 3. The lowest BCUT2D eigenvalue weighted by Gasteiger charge is -2.34. The summed E-state index contributed by atoms with van der Waals surface area (Å²) in [6.45, 7) is 0.580. The van der Waals surface area contributed by atoms with Crippen molar-refractivity contribution in [1.29, 1.82) is 0 Å². The number of likely N-dealkylation sites (N-methyl/N-ethyl adjacent to an activating group) is 1. The molecule has 0 spiro atoms. The van der Waals surface area contributed by atoms with Gasteiger partial charge in [0.1, 0.15) is 5.82 Å². The molecule has 2 aromatic carbocycles. The number of fused-ring (bicyclic) bond motifs is 1. The molecule has 2 N–H and O–H groups in total. The Labute approximate surface area is 134 Å². The Morgan fingerprint density at radius 3 is 2.78 bits per heavy atom. The van der Waals surface area contributed by atoms with E-state index in [-0.39, 0.29) is 17.4 Å². The van der Waals surface area contributed by atoms with Gasteiger partial charge in [-0.15, -0.1) is 0 Å². The van der Waals surface area contributed by atoms with Gasteiger partial charge in [-0.1, -0.05) is 30.3 Å². The van der Waals surface area contributed by atoms with Gasteiger partial charge in [-0.2, -0.15) is 0 Å². The molecule has 4 nitrogen and oxygen atoms in total. The number of nitrogens with zero attached hydrogens (tertiary/aromatic N) is 1. The second-order valence-corrected chi connectivity index (χ2v) is 6.00. The molecule has 1 aliphatic heterocycles. The van der Waals surface area contributed by atoms with Crippen molar-refractivity contribution < 1.29 is 14.4 Å². The van der Waals surface area contributed by atoms with Crippen LogP contribution in [0.2, 0.25) is 0 Å². The lowest BCUT2D eigenvalue weighted by molar-refractivity contribution is 0.0705. The van der Waals surface area contributed by atoms with Gasteiger partial charge in [-0.25, -0.2) is 9.87 Å². The van der Waals surface area contributed by atoms with Crippen molar-refractivity contribution in [3.8, 4) is 0 Å². The van der Waals surface area contributed by atoms with Crippen LogP contribution in [0.1, 0.15) is 27.0 Å². The van der Waals surface area contributed by atoms with Crippen LogP contribution >= 0.6 is 0 Å². The summed E-state index contributed by atoms with van der Waals surface area (Å²) in [5.74, 6) is -1.08. The number of halogens is 1. The Morgan fingerprint density at radius 1 is 1.35 bits per heavy atom. The molecule has 0 radical (unpaired) electrons. The van der Waals surface area contributed by atoms with Gasteiger partial charge in [-0.05, 0) is 48.7 Å². The zero-order valence-electron chi connectivity index (χ0n) is 12.9. The summed E-state index contributed by atoms with van der Waals surface area (Å²) in [6, 6.07) is 13.2. The van der Waals surface area contributed by atoms with Gasteiger partial charge in [0, 0.05) is 18.2 Å². The number of hydrogen-bond donors (Lipinski definition) is 2. The molecule has 1 aliphatic rings. The summed E-state index contributed by atoms with van der Waals surface area (Å²) >= 11 is 0. The van der Waals surface area contributed by atoms with E-state index in [4.69, 9.17) is 5.21 Å². The highest BCUT2D eigenvalue weighted by Gasteiger charge is 2.27. The molecule has 0 bridgehead atoms. The first-order chi connectivity index (χ1) is 11.1. The van der Waals surface area contributed by atoms with Crippen molar-refractivity contribution in [1.82, 2.24) is 10.4 Å². The van der Waals surface area contributed by atoms with Crippen molar-refractivity contribution in [2.75, 3.05) is 7.05 Å². The molecule has 1 atom stereocenters. The van der Waals surface area contributed by atoms with Crippen molar-refractivity contribution in [2.24, 2.45) is 0 Å². The average Bonchev–Trinajstić information content (AvgIpc) is 2.56. The number of carbonyl (C=O) groups is 1. The Balaban J connectivity index is 1.86. The highest BCUT2D eigenvalue weighted by atomic mass is 19.1. The summed E-state index contributed by atoms with van der Waals surface area (Å²) in [5, 5.41) is 8.71.